The monoisotopic (exact) mass is 609 g/mol. The molecule has 0 spiro atoms. The minimum absolute atomic E-state index is 0.0509. The molecule has 0 aromatic heterocycles. The summed E-state index contributed by atoms with van der Waals surface area (Å²) in [6.45, 7) is 3.54. The Morgan fingerprint density at radius 3 is 2.16 bits per heavy atom. The van der Waals surface area contributed by atoms with Crippen LogP contribution in [0.15, 0.2) is 108 Å². The van der Waals surface area contributed by atoms with E-state index in [0.29, 0.717) is 28.3 Å². The molecule has 4 N–H and O–H groups in total. The third-order valence-electron chi connectivity index (χ3n) is 6.49. The Kier molecular flexibility index (Phi) is 10.6. The zero-order valence-corrected chi connectivity index (χ0v) is 25.1. The lowest BCUT2D eigenvalue weighted by Gasteiger charge is -2.15. The molecule has 3 amide bonds. The van der Waals surface area contributed by atoms with Gasteiger partial charge in [-0.25, -0.2) is 4.79 Å². The third-order valence-corrected chi connectivity index (χ3v) is 7.60. The number of carbonyl (C=O) groups is 4. The largest absolute Gasteiger partial charge is 0.497 e. The van der Waals surface area contributed by atoms with Crippen LogP contribution in [0, 0.1) is 6.92 Å². The molecule has 0 radical (unpaired) electrons. The van der Waals surface area contributed by atoms with Crippen molar-refractivity contribution in [2.45, 2.75) is 24.0 Å². The second kappa shape index (κ2) is 14.7. The number of ether oxygens (including phenoxy) is 1. The first-order valence-electron chi connectivity index (χ1n) is 13.6. The lowest BCUT2D eigenvalue weighted by atomic mass is 10.1. The molecule has 10 heteroatoms. The van der Waals surface area contributed by atoms with E-state index in [2.05, 4.69) is 16.0 Å². The summed E-state index contributed by atoms with van der Waals surface area (Å²) in [4.78, 5) is 51.1. The minimum atomic E-state index is -1.07. The molecule has 1 atom stereocenters. The molecule has 1 unspecified atom stereocenters. The molecule has 4 rings (SSSR count). The molecule has 0 aliphatic carbocycles. The van der Waals surface area contributed by atoms with Crippen LogP contribution in [0.1, 0.15) is 38.8 Å². The minimum Gasteiger partial charge on any atom is -0.497 e. The lowest BCUT2D eigenvalue weighted by Crippen LogP contribution is -2.30. The SMILES string of the molecule is COc1ccc(/C=C(\NC(=O)c2ccccc2)C(=O)Nc2ccc(SC(C)C(=O)Nc3cc(C(=O)O)ccc3C)cc2)cc1. The van der Waals surface area contributed by atoms with Gasteiger partial charge >= 0.3 is 5.97 Å². The molecule has 4 aromatic rings. The number of aromatic carboxylic acids is 1. The summed E-state index contributed by atoms with van der Waals surface area (Å²) in [7, 11) is 1.56. The predicted octanol–water partition coefficient (Wildman–Crippen LogP) is 6.23. The Bertz CT molecular complexity index is 1690. The van der Waals surface area contributed by atoms with E-state index in [0.717, 1.165) is 10.5 Å². The maximum atomic E-state index is 13.3. The Hall–Kier alpha value is -5.35. The van der Waals surface area contributed by atoms with Crippen LogP contribution in [0.4, 0.5) is 11.4 Å². The average Bonchev–Trinajstić information content (AvgIpc) is 3.03. The number of carboxylic acid groups (broad SMARTS) is 1. The van der Waals surface area contributed by atoms with Gasteiger partial charge < -0.3 is 25.8 Å². The van der Waals surface area contributed by atoms with E-state index in [4.69, 9.17) is 4.74 Å². The number of nitrogens with one attached hydrogen (secondary N) is 3. The van der Waals surface area contributed by atoms with Gasteiger partial charge in [0.1, 0.15) is 11.4 Å². The highest BCUT2D eigenvalue weighted by Crippen LogP contribution is 2.27. The standard InChI is InChI=1S/C34H31N3O6S/c1-21-9-12-25(34(41)42)20-29(21)36-31(38)22(2)44-28-17-13-26(14-18-28)35-33(40)30(19-23-10-15-27(43-3)16-11-23)37-32(39)24-7-5-4-6-8-24/h4-20,22H,1-3H3,(H,35,40)(H,36,38)(H,37,39)(H,41,42)/b30-19-. The number of carboxylic acids is 1. The number of benzene rings is 4. The molecule has 9 nitrogen and oxygen atoms in total. The Morgan fingerprint density at radius 2 is 1.52 bits per heavy atom. The van der Waals surface area contributed by atoms with E-state index in [1.807, 2.05) is 0 Å². The van der Waals surface area contributed by atoms with Crippen molar-refractivity contribution in [3.63, 3.8) is 0 Å². The van der Waals surface area contributed by atoms with Gasteiger partial charge in [0.15, 0.2) is 0 Å². The number of anilines is 2. The highest BCUT2D eigenvalue weighted by atomic mass is 32.2. The summed E-state index contributed by atoms with van der Waals surface area (Å²) in [6.07, 6.45) is 1.58. The van der Waals surface area contributed by atoms with Crippen LogP contribution in [-0.4, -0.2) is 41.2 Å². The number of hydrogen-bond acceptors (Lipinski definition) is 6. The number of aryl methyl sites for hydroxylation is 1. The zero-order valence-electron chi connectivity index (χ0n) is 24.3. The van der Waals surface area contributed by atoms with Crippen LogP contribution in [0.3, 0.4) is 0 Å². The van der Waals surface area contributed by atoms with Crippen molar-refractivity contribution < 1.29 is 29.0 Å². The fourth-order valence-corrected chi connectivity index (χ4v) is 4.87. The van der Waals surface area contributed by atoms with E-state index >= 15 is 0 Å². The molecule has 0 aliphatic heterocycles. The summed E-state index contributed by atoms with van der Waals surface area (Å²) in [5.41, 5.74) is 2.92. The van der Waals surface area contributed by atoms with Crippen LogP contribution in [0.25, 0.3) is 6.08 Å². The van der Waals surface area contributed by atoms with Gasteiger partial charge in [0.2, 0.25) is 5.91 Å². The van der Waals surface area contributed by atoms with Gasteiger partial charge in [-0.1, -0.05) is 36.4 Å². The summed E-state index contributed by atoms with van der Waals surface area (Å²) in [6, 6.07) is 27.2. The topological polar surface area (TPSA) is 134 Å². The lowest BCUT2D eigenvalue weighted by molar-refractivity contribution is -0.115. The number of rotatable bonds is 11. The van der Waals surface area contributed by atoms with E-state index in [1.165, 1.54) is 23.9 Å². The predicted molar refractivity (Wildman–Crippen MR) is 172 cm³/mol. The fraction of sp³-hybridized carbons (Fsp3) is 0.118. The third kappa shape index (κ3) is 8.59. The molecule has 44 heavy (non-hydrogen) atoms. The molecular weight excluding hydrogens is 578 g/mol. The zero-order chi connectivity index (χ0) is 31.6. The molecule has 0 fully saturated rings. The molecule has 224 valence electrons. The van der Waals surface area contributed by atoms with Crippen molar-refractivity contribution >= 4 is 52.9 Å². The average molecular weight is 610 g/mol. The van der Waals surface area contributed by atoms with Gasteiger partial charge in [-0.2, -0.15) is 0 Å². The molecule has 0 saturated carbocycles. The van der Waals surface area contributed by atoms with E-state index in [9.17, 15) is 24.3 Å². The van der Waals surface area contributed by atoms with Gasteiger partial charge in [0.25, 0.3) is 11.8 Å². The van der Waals surface area contributed by atoms with Crippen LogP contribution < -0.4 is 20.7 Å². The van der Waals surface area contributed by atoms with Gasteiger partial charge in [-0.3, -0.25) is 14.4 Å². The normalized spacial score (nSPS) is 11.7. The molecular formula is C34H31N3O6S. The Morgan fingerprint density at radius 1 is 0.841 bits per heavy atom. The molecule has 4 aromatic carbocycles. The van der Waals surface area contributed by atoms with Crippen molar-refractivity contribution in [1.29, 1.82) is 0 Å². The summed E-state index contributed by atoms with van der Waals surface area (Å²) in [5.74, 6) is -1.63. The number of hydrogen-bond donors (Lipinski definition) is 4. The maximum absolute atomic E-state index is 13.3. The Balaban J connectivity index is 1.43. The number of thioether (sulfide) groups is 1. The fourth-order valence-electron chi connectivity index (χ4n) is 4.01. The quantitative estimate of drug-likeness (QED) is 0.117. The smallest absolute Gasteiger partial charge is 0.335 e. The van der Waals surface area contributed by atoms with Crippen LogP contribution in [0.2, 0.25) is 0 Å². The van der Waals surface area contributed by atoms with Crippen molar-refractivity contribution in [1.82, 2.24) is 5.32 Å². The second-order valence-corrected chi connectivity index (χ2v) is 11.1. The van der Waals surface area contributed by atoms with E-state index in [1.54, 1.807) is 112 Å². The first-order valence-corrected chi connectivity index (χ1v) is 14.5. The van der Waals surface area contributed by atoms with Crippen molar-refractivity contribution in [2.75, 3.05) is 17.7 Å². The molecule has 0 saturated heterocycles. The Labute approximate surface area is 259 Å². The van der Waals surface area contributed by atoms with Gasteiger partial charge in [0.05, 0.1) is 17.9 Å². The van der Waals surface area contributed by atoms with Gasteiger partial charge in [-0.15, -0.1) is 11.8 Å². The van der Waals surface area contributed by atoms with E-state index < -0.39 is 23.0 Å². The van der Waals surface area contributed by atoms with Crippen molar-refractivity contribution in [3.8, 4) is 5.75 Å². The highest BCUT2D eigenvalue weighted by molar-refractivity contribution is 8.00. The second-order valence-electron chi connectivity index (χ2n) is 9.71. The van der Waals surface area contributed by atoms with Gasteiger partial charge in [0, 0.05) is 21.8 Å². The van der Waals surface area contributed by atoms with Crippen LogP contribution >= 0.6 is 11.8 Å². The molecule has 0 bridgehead atoms. The molecule has 0 aliphatic rings. The summed E-state index contributed by atoms with van der Waals surface area (Å²) < 4.78 is 5.20. The summed E-state index contributed by atoms with van der Waals surface area (Å²) >= 11 is 1.31. The summed E-state index contributed by atoms with van der Waals surface area (Å²) in [5, 5.41) is 17.1. The maximum Gasteiger partial charge on any atom is 0.335 e. The van der Waals surface area contributed by atoms with E-state index in [-0.39, 0.29) is 17.2 Å². The first-order chi connectivity index (χ1) is 21.1. The number of carbonyl (C=O) groups excluding carboxylic acids is 3. The highest BCUT2D eigenvalue weighted by Gasteiger charge is 2.18. The van der Waals surface area contributed by atoms with Crippen LogP contribution in [0.5, 0.6) is 5.75 Å². The van der Waals surface area contributed by atoms with Crippen molar-refractivity contribution in [3.05, 3.63) is 125 Å². The number of methoxy groups -OCH3 is 1. The van der Waals surface area contributed by atoms with Gasteiger partial charge in [-0.05, 0) is 91.7 Å². The van der Waals surface area contributed by atoms with Crippen LogP contribution in [-0.2, 0) is 9.59 Å². The van der Waals surface area contributed by atoms with Crippen molar-refractivity contribution in [2.24, 2.45) is 0 Å². The number of amides is 3. The molecule has 0 heterocycles. The first kappa shape index (κ1) is 31.6.